The number of fused-ring (bicyclic) bond motifs is 1. The molecular weight excluding hydrogens is 204 g/mol. The highest BCUT2D eigenvalue weighted by atomic mass is 32.2. The van der Waals surface area contributed by atoms with Gasteiger partial charge in [0.05, 0.1) is 10.8 Å². The minimum absolute atomic E-state index is 0.250. The van der Waals surface area contributed by atoms with Gasteiger partial charge in [0.2, 0.25) is 5.16 Å². The van der Waals surface area contributed by atoms with Gasteiger partial charge in [-0.05, 0) is 6.92 Å². The minimum Gasteiger partial charge on any atom is -0.267 e. The van der Waals surface area contributed by atoms with Gasteiger partial charge >= 0.3 is 0 Å². The van der Waals surface area contributed by atoms with E-state index in [9.17, 15) is 9.00 Å². The van der Waals surface area contributed by atoms with E-state index in [0.29, 0.717) is 5.69 Å². The van der Waals surface area contributed by atoms with Crippen LogP contribution in [-0.2, 0) is 10.8 Å². The van der Waals surface area contributed by atoms with Gasteiger partial charge < -0.3 is 0 Å². The summed E-state index contributed by atoms with van der Waals surface area (Å²) in [5, 5.41) is 2.87. The fraction of sp³-hybridized carbons (Fsp3) is 0.286. The summed E-state index contributed by atoms with van der Waals surface area (Å²) in [5.41, 5.74) is 0.339. The Balaban J connectivity index is 2.83. The molecule has 0 saturated carbocycles. The van der Waals surface area contributed by atoms with Gasteiger partial charge in [-0.3, -0.25) is 14.1 Å². The third-order valence-corrected chi connectivity index (χ3v) is 2.44. The van der Waals surface area contributed by atoms with E-state index in [1.807, 2.05) is 0 Å². The SMILES string of the molecule is Cc1cc(=O)n2[nH]c(S(C)=O)nc2n1. The van der Waals surface area contributed by atoms with Gasteiger partial charge in [0.15, 0.2) is 0 Å². The molecule has 1 atom stereocenters. The van der Waals surface area contributed by atoms with E-state index >= 15 is 0 Å². The Bertz CT molecular complexity index is 571. The Morgan fingerprint density at radius 2 is 2.21 bits per heavy atom. The summed E-state index contributed by atoms with van der Waals surface area (Å²) in [6.07, 6.45) is 1.48. The first kappa shape index (κ1) is 9.07. The summed E-state index contributed by atoms with van der Waals surface area (Å²) in [6, 6.07) is 1.38. The largest absolute Gasteiger partial charge is 0.274 e. The summed E-state index contributed by atoms with van der Waals surface area (Å²) < 4.78 is 12.3. The standard InChI is InChI=1S/C7H8N4O2S/c1-4-3-5(12)11-6(8-4)9-7(10-11)14(2)13/h3H,1-2H3,(H,8,9,10). The predicted molar refractivity (Wildman–Crippen MR) is 50.7 cm³/mol. The average molecular weight is 212 g/mol. The average Bonchev–Trinajstić information content (AvgIpc) is 2.47. The number of nitrogens with one attached hydrogen (secondary N) is 1. The van der Waals surface area contributed by atoms with Gasteiger partial charge in [-0.2, -0.15) is 9.50 Å². The molecule has 1 N–H and O–H groups in total. The molecule has 0 aliphatic heterocycles. The van der Waals surface area contributed by atoms with Crippen LogP contribution in [0.1, 0.15) is 5.69 Å². The third-order valence-electron chi connectivity index (χ3n) is 1.71. The molecule has 1 unspecified atom stereocenters. The van der Waals surface area contributed by atoms with Crippen molar-refractivity contribution in [2.24, 2.45) is 0 Å². The molecule has 0 fully saturated rings. The highest BCUT2D eigenvalue weighted by Crippen LogP contribution is 1.99. The number of hydrogen-bond donors (Lipinski definition) is 1. The molecule has 2 aromatic rings. The smallest absolute Gasteiger partial charge is 0.267 e. The van der Waals surface area contributed by atoms with Gasteiger partial charge in [0.1, 0.15) is 0 Å². The van der Waals surface area contributed by atoms with Crippen molar-refractivity contribution in [2.45, 2.75) is 12.1 Å². The maximum absolute atomic E-state index is 11.4. The summed E-state index contributed by atoms with van der Waals surface area (Å²) >= 11 is 0. The number of aromatic nitrogens is 4. The van der Waals surface area contributed by atoms with Crippen LogP contribution in [0, 0.1) is 6.92 Å². The topological polar surface area (TPSA) is 80.1 Å². The van der Waals surface area contributed by atoms with Crippen molar-refractivity contribution in [1.29, 1.82) is 0 Å². The fourth-order valence-corrected chi connectivity index (χ4v) is 1.53. The maximum atomic E-state index is 11.4. The predicted octanol–water partition coefficient (Wildman–Crippen LogP) is -0.537. The molecule has 0 spiro atoms. The van der Waals surface area contributed by atoms with E-state index in [0.717, 1.165) is 0 Å². The molecule has 0 aliphatic rings. The normalized spacial score (nSPS) is 13.3. The lowest BCUT2D eigenvalue weighted by atomic mass is 10.5. The third kappa shape index (κ3) is 1.35. The first-order valence-electron chi connectivity index (χ1n) is 3.88. The number of rotatable bonds is 1. The summed E-state index contributed by atoms with van der Waals surface area (Å²) in [6.45, 7) is 1.71. The van der Waals surface area contributed by atoms with Gasteiger partial charge in [-0.15, -0.1) is 0 Å². The van der Waals surface area contributed by atoms with Crippen molar-refractivity contribution in [1.82, 2.24) is 19.6 Å². The lowest BCUT2D eigenvalue weighted by Crippen LogP contribution is -2.14. The van der Waals surface area contributed by atoms with Crippen molar-refractivity contribution in [2.75, 3.05) is 6.26 Å². The van der Waals surface area contributed by atoms with Crippen molar-refractivity contribution >= 4 is 16.6 Å². The second-order valence-corrected chi connectivity index (χ2v) is 4.15. The van der Waals surface area contributed by atoms with Crippen LogP contribution in [0.2, 0.25) is 0 Å². The zero-order chi connectivity index (χ0) is 10.3. The molecule has 0 bridgehead atoms. The monoisotopic (exact) mass is 212 g/mol. The summed E-state index contributed by atoms with van der Waals surface area (Å²) in [5.74, 6) is 0.250. The highest BCUT2D eigenvalue weighted by molar-refractivity contribution is 7.84. The van der Waals surface area contributed by atoms with E-state index in [2.05, 4.69) is 15.1 Å². The minimum atomic E-state index is -1.24. The van der Waals surface area contributed by atoms with Crippen LogP contribution in [0.3, 0.4) is 0 Å². The van der Waals surface area contributed by atoms with Crippen LogP contribution in [-0.4, -0.2) is 30.0 Å². The Morgan fingerprint density at radius 3 is 2.86 bits per heavy atom. The molecule has 0 radical (unpaired) electrons. The van der Waals surface area contributed by atoms with Crippen LogP contribution in [0.15, 0.2) is 16.0 Å². The second kappa shape index (κ2) is 3.02. The number of aromatic amines is 1. The molecule has 0 amide bonds. The highest BCUT2D eigenvalue weighted by Gasteiger charge is 2.08. The summed E-state index contributed by atoms with van der Waals surface area (Å²) in [4.78, 5) is 19.3. The Kier molecular flexibility index (Phi) is 1.95. The lowest BCUT2D eigenvalue weighted by Gasteiger charge is -1.90. The van der Waals surface area contributed by atoms with E-state index < -0.39 is 10.8 Å². The van der Waals surface area contributed by atoms with Gasteiger partial charge in [-0.1, -0.05) is 0 Å². The van der Waals surface area contributed by atoms with Crippen LogP contribution in [0.4, 0.5) is 0 Å². The fourth-order valence-electron chi connectivity index (χ4n) is 1.10. The van der Waals surface area contributed by atoms with Crippen molar-refractivity contribution < 1.29 is 4.21 Å². The zero-order valence-electron chi connectivity index (χ0n) is 7.64. The Morgan fingerprint density at radius 1 is 1.50 bits per heavy atom. The zero-order valence-corrected chi connectivity index (χ0v) is 8.46. The van der Waals surface area contributed by atoms with Crippen molar-refractivity contribution in [3.8, 4) is 0 Å². The van der Waals surface area contributed by atoms with Crippen LogP contribution in [0.5, 0.6) is 0 Å². The van der Waals surface area contributed by atoms with E-state index in [1.165, 1.54) is 16.8 Å². The maximum Gasteiger partial charge on any atom is 0.274 e. The van der Waals surface area contributed by atoms with Crippen LogP contribution in [0.25, 0.3) is 5.78 Å². The van der Waals surface area contributed by atoms with Crippen molar-refractivity contribution in [3.05, 3.63) is 22.1 Å². The first-order valence-corrected chi connectivity index (χ1v) is 5.43. The van der Waals surface area contributed by atoms with E-state index in [-0.39, 0.29) is 16.5 Å². The molecule has 2 rings (SSSR count). The van der Waals surface area contributed by atoms with E-state index in [4.69, 9.17) is 0 Å². The van der Waals surface area contributed by atoms with Gasteiger partial charge in [0.25, 0.3) is 11.3 Å². The Labute approximate surface area is 81.4 Å². The second-order valence-electron chi connectivity index (χ2n) is 2.85. The molecule has 7 heteroatoms. The quantitative estimate of drug-likeness (QED) is 0.688. The molecule has 6 nitrogen and oxygen atoms in total. The molecule has 2 aromatic heterocycles. The Hall–Kier alpha value is -1.50. The number of hydrogen-bond acceptors (Lipinski definition) is 4. The summed E-state index contributed by atoms with van der Waals surface area (Å²) in [7, 11) is -1.24. The van der Waals surface area contributed by atoms with Gasteiger partial charge in [0, 0.05) is 18.0 Å². The molecule has 0 aromatic carbocycles. The molecule has 2 heterocycles. The van der Waals surface area contributed by atoms with Crippen molar-refractivity contribution in [3.63, 3.8) is 0 Å². The lowest BCUT2D eigenvalue weighted by molar-refractivity contribution is 0.679. The molecule has 74 valence electrons. The number of H-pyrrole nitrogens is 1. The van der Waals surface area contributed by atoms with Gasteiger partial charge in [-0.25, -0.2) is 4.98 Å². The number of aryl methyl sites for hydroxylation is 1. The molecule has 14 heavy (non-hydrogen) atoms. The molecule has 0 aliphatic carbocycles. The van der Waals surface area contributed by atoms with E-state index in [1.54, 1.807) is 6.92 Å². The number of nitrogens with zero attached hydrogens (tertiary/aromatic N) is 3. The first-order chi connectivity index (χ1) is 6.58. The molecular formula is C7H8N4O2S. The van der Waals surface area contributed by atoms with Crippen LogP contribution < -0.4 is 5.56 Å². The molecule has 0 saturated heterocycles. The van der Waals surface area contributed by atoms with Crippen LogP contribution >= 0.6 is 0 Å².